The van der Waals surface area contributed by atoms with E-state index in [2.05, 4.69) is 33.0 Å². The van der Waals surface area contributed by atoms with Crippen molar-refractivity contribution >= 4 is 0 Å². The van der Waals surface area contributed by atoms with E-state index in [1.165, 1.54) is 0 Å². The van der Waals surface area contributed by atoms with Crippen molar-refractivity contribution in [1.82, 2.24) is 5.32 Å². The fraction of sp³-hybridized carbons (Fsp3) is 1.00. The molecule has 1 aliphatic rings. The number of hydrogen-bond donors (Lipinski definition) is 1. The summed E-state index contributed by atoms with van der Waals surface area (Å²) < 4.78 is 17.3. The van der Waals surface area contributed by atoms with Crippen LogP contribution in [0.2, 0.25) is 0 Å². The van der Waals surface area contributed by atoms with Crippen LogP contribution < -0.4 is 5.32 Å². The normalized spacial score (nSPS) is 27.3. The molecule has 0 saturated heterocycles. The topological polar surface area (TPSA) is 39.7 Å². The van der Waals surface area contributed by atoms with E-state index in [9.17, 15) is 0 Å². The highest BCUT2D eigenvalue weighted by Crippen LogP contribution is 2.28. The van der Waals surface area contributed by atoms with Crippen LogP contribution in [0.5, 0.6) is 0 Å². The predicted octanol–water partition coefficient (Wildman–Crippen LogP) is 2.36. The molecule has 114 valence electrons. The molecule has 0 bridgehead atoms. The molecule has 0 aromatic rings. The lowest BCUT2D eigenvalue weighted by Crippen LogP contribution is -2.60. The molecule has 4 heteroatoms. The lowest BCUT2D eigenvalue weighted by molar-refractivity contribution is -0.153. The van der Waals surface area contributed by atoms with E-state index in [-0.39, 0.29) is 17.8 Å². The van der Waals surface area contributed by atoms with Gasteiger partial charge in [0.2, 0.25) is 0 Å². The van der Waals surface area contributed by atoms with Gasteiger partial charge in [-0.15, -0.1) is 0 Å². The number of hydrogen-bond acceptors (Lipinski definition) is 4. The minimum Gasteiger partial charge on any atom is -0.379 e. The molecule has 1 aliphatic carbocycles. The van der Waals surface area contributed by atoms with Crippen LogP contribution >= 0.6 is 0 Å². The molecular weight excluding hydrogens is 242 g/mol. The van der Waals surface area contributed by atoms with Crippen molar-refractivity contribution in [3.05, 3.63) is 0 Å². The summed E-state index contributed by atoms with van der Waals surface area (Å²) in [5, 5.41) is 3.46. The number of methoxy groups -OCH3 is 1. The van der Waals surface area contributed by atoms with E-state index >= 15 is 0 Å². The third-order valence-electron chi connectivity index (χ3n) is 3.82. The first-order chi connectivity index (χ1) is 9.04. The van der Waals surface area contributed by atoms with Crippen molar-refractivity contribution in [3.8, 4) is 0 Å². The van der Waals surface area contributed by atoms with Gasteiger partial charge in [0, 0.05) is 26.4 Å². The molecule has 0 heterocycles. The van der Waals surface area contributed by atoms with Crippen molar-refractivity contribution in [1.29, 1.82) is 0 Å². The van der Waals surface area contributed by atoms with E-state index in [1.54, 1.807) is 7.11 Å². The fourth-order valence-electron chi connectivity index (χ4n) is 2.24. The second kappa shape index (κ2) is 8.20. The molecule has 0 aromatic carbocycles. The maximum atomic E-state index is 5.96. The maximum absolute atomic E-state index is 5.96. The van der Waals surface area contributed by atoms with Crippen molar-refractivity contribution in [2.24, 2.45) is 0 Å². The van der Waals surface area contributed by atoms with Gasteiger partial charge < -0.3 is 19.5 Å². The zero-order valence-electron chi connectivity index (χ0n) is 13.2. The maximum Gasteiger partial charge on any atom is 0.0990 e. The highest BCUT2D eigenvalue weighted by Gasteiger charge is 2.42. The average molecular weight is 273 g/mol. The van der Waals surface area contributed by atoms with Gasteiger partial charge in [0.25, 0.3) is 0 Å². The van der Waals surface area contributed by atoms with Crippen LogP contribution in [-0.2, 0) is 14.2 Å². The largest absolute Gasteiger partial charge is 0.379 e. The Morgan fingerprint density at radius 2 is 1.89 bits per heavy atom. The van der Waals surface area contributed by atoms with Gasteiger partial charge in [0.15, 0.2) is 0 Å². The van der Waals surface area contributed by atoms with Crippen LogP contribution in [0.25, 0.3) is 0 Å². The Labute approximate surface area is 118 Å². The molecule has 1 N–H and O–H groups in total. The molecule has 0 spiro atoms. The van der Waals surface area contributed by atoms with Gasteiger partial charge in [-0.1, -0.05) is 13.8 Å². The molecular formula is C15H31NO3. The van der Waals surface area contributed by atoms with Crippen molar-refractivity contribution < 1.29 is 14.2 Å². The van der Waals surface area contributed by atoms with Crippen LogP contribution in [-0.4, -0.2) is 50.7 Å². The minimum atomic E-state index is -0.107. The molecule has 0 radical (unpaired) electrons. The molecule has 0 aliphatic heterocycles. The summed E-state index contributed by atoms with van der Waals surface area (Å²) >= 11 is 0. The summed E-state index contributed by atoms with van der Waals surface area (Å²) in [7, 11) is 1.75. The first-order valence-electron chi connectivity index (χ1n) is 7.55. The number of nitrogens with one attached hydrogen (secondary N) is 1. The monoisotopic (exact) mass is 273 g/mol. The lowest BCUT2D eigenvalue weighted by atomic mass is 9.85. The molecule has 3 unspecified atom stereocenters. The van der Waals surface area contributed by atoms with Crippen LogP contribution in [0.4, 0.5) is 0 Å². The Morgan fingerprint density at radius 3 is 2.47 bits per heavy atom. The third kappa shape index (κ3) is 5.38. The highest BCUT2D eigenvalue weighted by molar-refractivity contribution is 4.97. The van der Waals surface area contributed by atoms with E-state index in [0.29, 0.717) is 6.04 Å². The summed E-state index contributed by atoms with van der Waals surface area (Å²) in [6.07, 6.45) is 3.47. The van der Waals surface area contributed by atoms with Gasteiger partial charge in [-0.2, -0.15) is 0 Å². The van der Waals surface area contributed by atoms with Gasteiger partial charge in [-0.25, -0.2) is 0 Å². The molecule has 1 saturated carbocycles. The SMILES string of the molecule is CCCOC1C(NCC)CC1OCCC(C)(C)OC. The summed E-state index contributed by atoms with van der Waals surface area (Å²) in [5.41, 5.74) is -0.107. The minimum absolute atomic E-state index is 0.107. The number of likely N-dealkylation sites (N-methyl/N-ethyl adjacent to an activating group) is 1. The second-order valence-corrected chi connectivity index (χ2v) is 5.86. The third-order valence-corrected chi connectivity index (χ3v) is 3.82. The van der Waals surface area contributed by atoms with Crippen LogP contribution in [0, 0.1) is 0 Å². The van der Waals surface area contributed by atoms with Gasteiger partial charge in [-0.05, 0) is 39.7 Å². The molecule has 0 amide bonds. The first-order valence-corrected chi connectivity index (χ1v) is 7.55. The van der Waals surface area contributed by atoms with Crippen LogP contribution in [0.15, 0.2) is 0 Å². The molecule has 1 rings (SSSR count). The second-order valence-electron chi connectivity index (χ2n) is 5.86. The Hall–Kier alpha value is -0.160. The number of ether oxygens (including phenoxy) is 3. The number of rotatable bonds is 10. The molecule has 19 heavy (non-hydrogen) atoms. The summed E-state index contributed by atoms with van der Waals surface area (Å²) in [5.74, 6) is 0. The Balaban J connectivity index is 2.28. The van der Waals surface area contributed by atoms with E-state index in [1.807, 2.05) is 0 Å². The van der Waals surface area contributed by atoms with Crippen molar-refractivity contribution in [2.45, 2.75) is 70.8 Å². The van der Waals surface area contributed by atoms with E-state index < -0.39 is 0 Å². The van der Waals surface area contributed by atoms with Gasteiger partial charge in [0.05, 0.1) is 17.8 Å². The molecule has 3 atom stereocenters. The van der Waals surface area contributed by atoms with Gasteiger partial charge in [-0.3, -0.25) is 0 Å². The standard InChI is InChI=1S/C15H31NO3/c1-6-9-19-14-12(16-7-2)11-13(14)18-10-8-15(3,4)17-5/h12-14,16H,6-11H2,1-5H3. The lowest BCUT2D eigenvalue weighted by Gasteiger charge is -2.44. The van der Waals surface area contributed by atoms with Gasteiger partial charge >= 0.3 is 0 Å². The zero-order chi connectivity index (χ0) is 14.3. The predicted molar refractivity (Wildman–Crippen MR) is 77.6 cm³/mol. The molecule has 1 fully saturated rings. The summed E-state index contributed by atoms with van der Waals surface area (Å²) in [6, 6.07) is 0.456. The summed E-state index contributed by atoms with van der Waals surface area (Å²) in [4.78, 5) is 0. The first kappa shape index (κ1) is 16.9. The smallest absolute Gasteiger partial charge is 0.0990 e. The average Bonchev–Trinajstić information content (AvgIpc) is 2.37. The van der Waals surface area contributed by atoms with Gasteiger partial charge in [0.1, 0.15) is 0 Å². The van der Waals surface area contributed by atoms with Crippen LogP contribution in [0.3, 0.4) is 0 Å². The molecule has 0 aromatic heterocycles. The Morgan fingerprint density at radius 1 is 1.16 bits per heavy atom. The van der Waals surface area contributed by atoms with E-state index in [0.717, 1.165) is 39.0 Å². The Kier molecular flexibility index (Phi) is 7.29. The highest BCUT2D eigenvalue weighted by atomic mass is 16.5. The Bertz CT molecular complexity index is 246. The summed E-state index contributed by atoms with van der Waals surface area (Å²) in [6.45, 7) is 11.0. The van der Waals surface area contributed by atoms with E-state index in [4.69, 9.17) is 14.2 Å². The molecule has 4 nitrogen and oxygen atoms in total. The van der Waals surface area contributed by atoms with Crippen molar-refractivity contribution in [2.75, 3.05) is 26.9 Å². The quantitative estimate of drug-likeness (QED) is 0.663. The van der Waals surface area contributed by atoms with Crippen LogP contribution in [0.1, 0.15) is 47.0 Å². The zero-order valence-corrected chi connectivity index (χ0v) is 13.2. The van der Waals surface area contributed by atoms with Crippen molar-refractivity contribution in [3.63, 3.8) is 0 Å². The fourth-order valence-corrected chi connectivity index (χ4v) is 2.24.